The van der Waals surface area contributed by atoms with Crippen LogP contribution >= 0.6 is 27.3 Å². The quantitative estimate of drug-likeness (QED) is 0.241. The molecule has 2 fully saturated rings. The fourth-order valence-corrected chi connectivity index (χ4v) is 6.64. The van der Waals surface area contributed by atoms with Gasteiger partial charge in [0.1, 0.15) is 30.0 Å². The monoisotopic (exact) mass is 654 g/mol. The molecule has 1 spiro atoms. The molecule has 0 radical (unpaired) electrons. The van der Waals surface area contributed by atoms with Crippen molar-refractivity contribution in [2.45, 2.75) is 42.6 Å². The Morgan fingerprint density at radius 3 is 2.71 bits per heavy atom. The van der Waals surface area contributed by atoms with Crippen LogP contribution in [0, 0.1) is 17.5 Å². The summed E-state index contributed by atoms with van der Waals surface area (Å²) in [6.07, 6.45) is -3.01. The molecule has 10 nitrogen and oxygen atoms in total. The summed E-state index contributed by atoms with van der Waals surface area (Å²) in [6, 6.07) is 4.81. The molecule has 1 amide bonds. The number of thiophene rings is 1. The lowest BCUT2D eigenvalue weighted by molar-refractivity contribution is -0.344. The summed E-state index contributed by atoms with van der Waals surface area (Å²) in [5.74, 6) is -6.82. The first-order valence-corrected chi connectivity index (χ1v) is 14.1. The second kappa shape index (κ2) is 10.7. The van der Waals surface area contributed by atoms with E-state index < -0.39 is 66.1 Å². The van der Waals surface area contributed by atoms with Crippen molar-refractivity contribution in [1.82, 2.24) is 20.3 Å². The van der Waals surface area contributed by atoms with Crippen LogP contribution in [0.25, 0.3) is 21.3 Å². The third-order valence-electron chi connectivity index (χ3n) is 7.38. The summed E-state index contributed by atoms with van der Waals surface area (Å²) in [7, 11) is 0. The van der Waals surface area contributed by atoms with Crippen molar-refractivity contribution in [3.63, 3.8) is 0 Å². The molecule has 4 N–H and O–H groups in total. The molecule has 2 aliphatic heterocycles. The summed E-state index contributed by atoms with van der Waals surface area (Å²) < 4.78 is 55.7. The molecule has 15 heteroatoms. The molecule has 2 saturated heterocycles. The summed E-state index contributed by atoms with van der Waals surface area (Å²) in [5.41, 5.74) is 0.207. The zero-order valence-corrected chi connectivity index (χ0v) is 23.3. The number of rotatable bonds is 5. The predicted molar refractivity (Wildman–Crippen MR) is 142 cm³/mol. The van der Waals surface area contributed by atoms with Gasteiger partial charge in [0.15, 0.2) is 17.5 Å². The fourth-order valence-electron chi connectivity index (χ4n) is 5.36. The average Bonchev–Trinajstić information content (AvgIpc) is 3.69. The first-order valence-electron chi connectivity index (χ1n) is 12.5. The Morgan fingerprint density at radius 2 is 1.98 bits per heavy atom. The lowest BCUT2D eigenvalue weighted by Crippen LogP contribution is -2.69. The number of ether oxygens (including phenoxy) is 2. The third-order valence-corrected chi connectivity index (χ3v) is 8.84. The number of carbonyl (C=O) groups excluding carboxylic acids is 1. The van der Waals surface area contributed by atoms with E-state index in [1.807, 2.05) is 18.2 Å². The average molecular weight is 655 g/mol. The van der Waals surface area contributed by atoms with Gasteiger partial charge in [0.2, 0.25) is 5.79 Å². The van der Waals surface area contributed by atoms with Gasteiger partial charge in [0.25, 0.3) is 5.91 Å². The first-order chi connectivity index (χ1) is 19.6. The SMILES string of the molecule is O=C(N[C@@H]1CCO[C@]12O[C@H](CO)[C@H](O)[C@H](n1cc(-c3cc(F)c(F)c(F)c3)nn1)[C@H]2O)c1csc2ccc(Br)cc12. The fraction of sp³-hybridized carbons (Fsp3) is 0.346. The number of benzene rings is 2. The van der Waals surface area contributed by atoms with Crippen molar-refractivity contribution in [2.75, 3.05) is 13.2 Å². The van der Waals surface area contributed by atoms with E-state index in [0.29, 0.717) is 5.56 Å². The molecule has 0 bridgehead atoms. The molecule has 6 rings (SSSR count). The van der Waals surface area contributed by atoms with Crippen molar-refractivity contribution in [3.05, 3.63) is 69.4 Å². The molecule has 0 unspecified atom stereocenters. The van der Waals surface area contributed by atoms with Gasteiger partial charge in [0, 0.05) is 25.5 Å². The topological polar surface area (TPSA) is 139 Å². The van der Waals surface area contributed by atoms with Crippen LogP contribution in [0.5, 0.6) is 0 Å². The third kappa shape index (κ3) is 4.74. The Balaban J connectivity index is 1.32. The van der Waals surface area contributed by atoms with Gasteiger partial charge in [-0.3, -0.25) is 4.79 Å². The van der Waals surface area contributed by atoms with Gasteiger partial charge in [-0.05, 0) is 36.8 Å². The molecule has 2 aromatic carbocycles. The van der Waals surface area contributed by atoms with Crippen LogP contribution < -0.4 is 5.32 Å². The molecule has 0 saturated carbocycles. The van der Waals surface area contributed by atoms with Gasteiger partial charge in [-0.25, -0.2) is 17.9 Å². The summed E-state index contributed by atoms with van der Waals surface area (Å²) in [5, 5.41) is 45.7. The van der Waals surface area contributed by atoms with E-state index in [1.165, 1.54) is 17.5 Å². The molecule has 4 aromatic rings. The number of carbonyl (C=O) groups is 1. The molecule has 2 aliphatic rings. The normalized spacial score (nSPS) is 28.0. The molecular formula is C26H22BrF3N4O6S. The number of fused-ring (bicyclic) bond motifs is 1. The molecule has 41 heavy (non-hydrogen) atoms. The number of aliphatic hydroxyl groups is 3. The maximum absolute atomic E-state index is 13.8. The van der Waals surface area contributed by atoms with Crippen molar-refractivity contribution < 1.29 is 42.8 Å². The van der Waals surface area contributed by atoms with Crippen LogP contribution in [-0.4, -0.2) is 79.6 Å². The number of nitrogens with one attached hydrogen (secondary N) is 1. The Hall–Kier alpha value is -2.92. The van der Waals surface area contributed by atoms with Crippen LogP contribution in [-0.2, 0) is 9.47 Å². The standard InChI is InChI=1S/C26H22BrF3N4O6S/c27-12-1-2-19-13(7-12)14(10-41-19)25(38)31-20-3-4-39-26(20)24(37)22(23(36)18(9-35)40-26)34-8-17(32-33-34)11-5-15(28)21(30)16(29)6-11/h1-2,5-8,10,18,20,22-24,35-37H,3-4,9H2,(H,31,38)/t18-,20-,22+,23+,24-,26+/m1/s1. The number of hydrogen-bond acceptors (Lipinski definition) is 9. The van der Waals surface area contributed by atoms with Crippen molar-refractivity contribution in [2.24, 2.45) is 0 Å². The zero-order valence-electron chi connectivity index (χ0n) is 20.9. The molecule has 6 atom stereocenters. The minimum Gasteiger partial charge on any atom is -0.394 e. The van der Waals surface area contributed by atoms with Gasteiger partial charge in [0.05, 0.1) is 31.0 Å². The Morgan fingerprint density at radius 1 is 1.22 bits per heavy atom. The highest BCUT2D eigenvalue weighted by Crippen LogP contribution is 2.43. The minimum absolute atomic E-state index is 0.0732. The molecule has 216 valence electrons. The maximum atomic E-state index is 13.8. The summed E-state index contributed by atoms with van der Waals surface area (Å²) in [6.45, 7) is -0.592. The molecule has 4 heterocycles. The van der Waals surface area contributed by atoms with E-state index in [1.54, 1.807) is 5.38 Å². The van der Waals surface area contributed by atoms with E-state index in [9.17, 15) is 33.3 Å². The van der Waals surface area contributed by atoms with Gasteiger partial charge in [-0.2, -0.15) is 0 Å². The second-order valence-electron chi connectivity index (χ2n) is 9.78. The number of hydrogen-bond donors (Lipinski definition) is 4. The highest BCUT2D eigenvalue weighted by Gasteiger charge is 2.62. The lowest BCUT2D eigenvalue weighted by atomic mass is 9.86. The van der Waals surface area contributed by atoms with Gasteiger partial charge >= 0.3 is 0 Å². The molecule has 2 aromatic heterocycles. The van der Waals surface area contributed by atoms with Crippen LogP contribution in [0.3, 0.4) is 0 Å². The molecular weight excluding hydrogens is 633 g/mol. The van der Waals surface area contributed by atoms with E-state index in [0.717, 1.165) is 31.4 Å². The number of nitrogens with zero attached hydrogens (tertiary/aromatic N) is 3. The largest absolute Gasteiger partial charge is 0.394 e. The maximum Gasteiger partial charge on any atom is 0.253 e. The number of halogens is 4. The van der Waals surface area contributed by atoms with Crippen molar-refractivity contribution >= 4 is 43.3 Å². The van der Waals surface area contributed by atoms with E-state index >= 15 is 0 Å². The van der Waals surface area contributed by atoms with E-state index in [-0.39, 0.29) is 24.3 Å². The van der Waals surface area contributed by atoms with Gasteiger partial charge in [-0.1, -0.05) is 21.1 Å². The van der Waals surface area contributed by atoms with E-state index in [4.69, 9.17) is 9.47 Å². The Bertz CT molecular complexity index is 1610. The zero-order chi connectivity index (χ0) is 29.1. The first kappa shape index (κ1) is 28.2. The van der Waals surface area contributed by atoms with E-state index in [2.05, 4.69) is 31.6 Å². The number of aromatic nitrogens is 3. The van der Waals surface area contributed by atoms with Gasteiger partial charge < -0.3 is 30.1 Å². The van der Waals surface area contributed by atoms with Crippen LogP contribution in [0.2, 0.25) is 0 Å². The highest BCUT2D eigenvalue weighted by atomic mass is 79.9. The summed E-state index contributed by atoms with van der Waals surface area (Å²) >= 11 is 4.81. The Kier molecular flexibility index (Phi) is 7.38. The minimum atomic E-state index is -1.89. The second-order valence-corrected chi connectivity index (χ2v) is 11.6. The van der Waals surface area contributed by atoms with Crippen LogP contribution in [0.4, 0.5) is 13.2 Å². The van der Waals surface area contributed by atoms with Crippen molar-refractivity contribution in [1.29, 1.82) is 0 Å². The summed E-state index contributed by atoms with van der Waals surface area (Å²) in [4.78, 5) is 13.4. The van der Waals surface area contributed by atoms with Crippen molar-refractivity contribution in [3.8, 4) is 11.3 Å². The molecule has 0 aliphatic carbocycles. The number of amides is 1. The lowest BCUT2D eigenvalue weighted by Gasteiger charge is -2.49. The smallest absolute Gasteiger partial charge is 0.253 e. The predicted octanol–water partition coefficient (Wildman–Crippen LogP) is 2.91. The Labute approximate surface area is 242 Å². The highest BCUT2D eigenvalue weighted by molar-refractivity contribution is 9.10. The van der Waals surface area contributed by atoms with Crippen LogP contribution in [0.1, 0.15) is 22.8 Å². The number of aliphatic hydroxyl groups excluding tert-OH is 3. The van der Waals surface area contributed by atoms with Crippen LogP contribution in [0.15, 0.2) is 46.4 Å². The van der Waals surface area contributed by atoms with Gasteiger partial charge in [-0.15, -0.1) is 16.4 Å².